The lowest BCUT2D eigenvalue weighted by molar-refractivity contribution is -0.116. The predicted octanol–water partition coefficient (Wildman–Crippen LogP) is 3.45. The molecule has 1 aromatic carbocycles. The lowest BCUT2D eigenvalue weighted by Crippen LogP contribution is -2.27. The van der Waals surface area contributed by atoms with Crippen molar-refractivity contribution in [1.29, 1.82) is 0 Å². The molecule has 2 amide bonds. The van der Waals surface area contributed by atoms with Gasteiger partial charge in [-0.25, -0.2) is 0 Å². The Labute approximate surface area is 143 Å². The van der Waals surface area contributed by atoms with Crippen molar-refractivity contribution in [3.63, 3.8) is 0 Å². The topological polar surface area (TPSA) is 58.6 Å². The van der Waals surface area contributed by atoms with E-state index in [0.717, 1.165) is 6.42 Å². The molecule has 0 atom stereocenters. The number of fused-ring (bicyclic) bond motifs is 1. The molecule has 1 aliphatic carbocycles. The second kappa shape index (κ2) is 7.69. The van der Waals surface area contributed by atoms with E-state index in [9.17, 15) is 9.59 Å². The van der Waals surface area contributed by atoms with Crippen molar-refractivity contribution < 1.29 is 14.3 Å². The molecule has 0 aromatic heterocycles. The summed E-state index contributed by atoms with van der Waals surface area (Å²) in [5.41, 5.74) is 1.18. The first-order valence-electron chi connectivity index (χ1n) is 8.95. The maximum Gasteiger partial charge on any atom is 0.257 e. The van der Waals surface area contributed by atoms with E-state index < -0.39 is 0 Å². The predicted molar refractivity (Wildman–Crippen MR) is 93.3 cm³/mol. The summed E-state index contributed by atoms with van der Waals surface area (Å²) in [5.74, 6) is 1.24. The SMILES string of the molecule is CN1CCOc2ccc(NC(=O)CCC3CCCCC3)cc2C1=O. The molecule has 1 aromatic rings. The van der Waals surface area contributed by atoms with Crippen LogP contribution in [0.15, 0.2) is 18.2 Å². The zero-order valence-electron chi connectivity index (χ0n) is 14.3. The summed E-state index contributed by atoms with van der Waals surface area (Å²) in [6, 6.07) is 5.29. The van der Waals surface area contributed by atoms with Gasteiger partial charge in [0.05, 0.1) is 12.1 Å². The summed E-state index contributed by atoms with van der Waals surface area (Å²) in [5, 5.41) is 2.92. The van der Waals surface area contributed by atoms with Gasteiger partial charge in [-0.3, -0.25) is 9.59 Å². The van der Waals surface area contributed by atoms with E-state index in [-0.39, 0.29) is 11.8 Å². The van der Waals surface area contributed by atoms with Gasteiger partial charge in [0.2, 0.25) is 5.91 Å². The number of benzene rings is 1. The minimum atomic E-state index is -0.0687. The second-order valence-electron chi connectivity index (χ2n) is 6.88. The highest BCUT2D eigenvalue weighted by molar-refractivity contribution is 5.99. The highest BCUT2D eigenvalue weighted by Gasteiger charge is 2.21. The number of carbonyl (C=O) groups is 2. The third-order valence-corrected chi connectivity index (χ3v) is 5.03. The summed E-state index contributed by atoms with van der Waals surface area (Å²) < 4.78 is 5.60. The summed E-state index contributed by atoms with van der Waals surface area (Å²) in [6.45, 7) is 1.05. The Bertz CT molecular complexity index is 609. The number of amides is 2. The van der Waals surface area contributed by atoms with E-state index in [0.29, 0.717) is 42.5 Å². The van der Waals surface area contributed by atoms with E-state index >= 15 is 0 Å². The molecule has 1 saturated carbocycles. The van der Waals surface area contributed by atoms with Gasteiger partial charge in [0.25, 0.3) is 5.91 Å². The van der Waals surface area contributed by atoms with E-state index in [1.807, 2.05) is 0 Å². The lowest BCUT2D eigenvalue weighted by atomic mass is 9.86. The van der Waals surface area contributed by atoms with Crippen molar-refractivity contribution in [2.45, 2.75) is 44.9 Å². The minimum Gasteiger partial charge on any atom is -0.491 e. The molecular formula is C19H26N2O3. The van der Waals surface area contributed by atoms with Gasteiger partial charge >= 0.3 is 0 Å². The standard InChI is InChI=1S/C19H26N2O3/c1-21-11-12-24-17-9-8-15(13-16(17)19(21)23)20-18(22)10-7-14-5-3-2-4-6-14/h8-9,13-14H,2-7,10-12H2,1H3,(H,20,22). The fourth-order valence-electron chi connectivity index (χ4n) is 3.53. The average molecular weight is 330 g/mol. The van der Waals surface area contributed by atoms with Crippen LogP contribution in [0.3, 0.4) is 0 Å². The highest BCUT2D eigenvalue weighted by Crippen LogP contribution is 2.28. The number of rotatable bonds is 4. The number of likely N-dealkylation sites (N-methyl/N-ethyl adjacent to an activating group) is 1. The van der Waals surface area contributed by atoms with Crippen molar-refractivity contribution in [1.82, 2.24) is 4.90 Å². The first kappa shape index (κ1) is 16.8. The van der Waals surface area contributed by atoms with Crippen LogP contribution in [0, 0.1) is 5.92 Å². The zero-order valence-corrected chi connectivity index (χ0v) is 14.3. The van der Waals surface area contributed by atoms with Crippen molar-refractivity contribution in [3.8, 4) is 5.75 Å². The van der Waals surface area contributed by atoms with Gasteiger partial charge in [-0.05, 0) is 30.5 Å². The quantitative estimate of drug-likeness (QED) is 0.920. The fourth-order valence-corrected chi connectivity index (χ4v) is 3.53. The molecule has 3 rings (SSSR count). The Balaban J connectivity index is 1.60. The summed E-state index contributed by atoms with van der Waals surface area (Å²) in [6.07, 6.45) is 7.95. The number of nitrogens with one attached hydrogen (secondary N) is 1. The third-order valence-electron chi connectivity index (χ3n) is 5.03. The Morgan fingerprint density at radius 1 is 1.29 bits per heavy atom. The van der Waals surface area contributed by atoms with Gasteiger partial charge in [-0.1, -0.05) is 32.1 Å². The number of ether oxygens (including phenoxy) is 1. The maximum atomic E-state index is 12.3. The number of nitrogens with zero attached hydrogens (tertiary/aromatic N) is 1. The number of hydrogen-bond acceptors (Lipinski definition) is 3. The van der Waals surface area contributed by atoms with Crippen molar-refractivity contribution in [3.05, 3.63) is 23.8 Å². The molecule has 130 valence electrons. The van der Waals surface area contributed by atoms with Gasteiger partial charge in [-0.2, -0.15) is 0 Å². The van der Waals surface area contributed by atoms with Gasteiger partial charge in [-0.15, -0.1) is 0 Å². The fraction of sp³-hybridized carbons (Fsp3) is 0.579. The smallest absolute Gasteiger partial charge is 0.257 e. The van der Waals surface area contributed by atoms with E-state index in [1.165, 1.54) is 32.1 Å². The monoisotopic (exact) mass is 330 g/mol. The molecule has 24 heavy (non-hydrogen) atoms. The van der Waals surface area contributed by atoms with Crippen molar-refractivity contribution >= 4 is 17.5 Å². The Morgan fingerprint density at radius 3 is 2.88 bits per heavy atom. The van der Waals surface area contributed by atoms with Crippen molar-refractivity contribution in [2.24, 2.45) is 5.92 Å². The normalized spacial score (nSPS) is 18.5. The van der Waals surface area contributed by atoms with E-state index in [1.54, 1.807) is 30.1 Å². The molecule has 0 saturated heterocycles. The number of anilines is 1. The minimum absolute atomic E-state index is 0.0240. The van der Waals surface area contributed by atoms with Gasteiger partial charge in [0, 0.05) is 19.2 Å². The second-order valence-corrected chi connectivity index (χ2v) is 6.88. The molecule has 5 heteroatoms. The summed E-state index contributed by atoms with van der Waals surface area (Å²) >= 11 is 0. The molecule has 2 aliphatic rings. The molecular weight excluding hydrogens is 304 g/mol. The zero-order chi connectivity index (χ0) is 16.9. The highest BCUT2D eigenvalue weighted by atomic mass is 16.5. The molecule has 1 aliphatic heterocycles. The Hall–Kier alpha value is -2.04. The van der Waals surface area contributed by atoms with Crippen molar-refractivity contribution in [2.75, 3.05) is 25.5 Å². The van der Waals surface area contributed by atoms with Gasteiger partial charge in [0.15, 0.2) is 0 Å². The number of hydrogen-bond donors (Lipinski definition) is 1. The van der Waals surface area contributed by atoms with E-state index in [2.05, 4.69) is 5.32 Å². The largest absolute Gasteiger partial charge is 0.491 e. The molecule has 0 bridgehead atoms. The van der Waals surface area contributed by atoms with Crippen LogP contribution in [-0.4, -0.2) is 36.9 Å². The molecule has 5 nitrogen and oxygen atoms in total. The molecule has 0 radical (unpaired) electrons. The van der Waals surface area contributed by atoms with Crippen LogP contribution in [-0.2, 0) is 4.79 Å². The maximum absolute atomic E-state index is 12.3. The van der Waals surface area contributed by atoms with Gasteiger partial charge < -0.3 is 15.0 Å². The summed E-state index contributed by atoms with van der Waals surface area (Å²) in [4.78, 5) is 26.2. The van der Waals surface area contributed by atoms with Crippen LogP contribution in [0.25, 0.3) is 0 Å². The molecule has 0 unspecified atom stereocenters. The Kier molecular flexibility index (Phi) is 5.38. The first-order chi connectivity index (χ1) is 11.6. The van der Waals surface area contributed by atoms with Crippen LogP contribution in [0.2, 0.25) is 0 Å². The van der Waals surface area contributed by atoms with Crippen LogP contribution in [0.1, 0.15) is 55.3 Å². The first-order valence-corrected chi connectivity index (χ1v) is 8.95. The Morgan fingerprint density at radius 2 is 2.08 bits per heavy atom. The molecule has 1 heterocycles. The van der Waals surface area contributed by atoms with Gasteiger partial charge in [0.1, 0.15) is 12.4 Å². The number of carbonyl (C=O) groups excluding carboxylic acids is 2. The van der Waals surface area contributed by atoms with Crippen LogP contribution < -0.4 is 10.1 Å². The van der Waals surface area contributed by atoms with Crippen LogP contribution >= 0.6 is 0 Å². The molecule has 0 spiro atoms. The van der Waals surface area contributed by atoms with Crippen LogP contribution in [0.4, 0.5) is 5.69 Å². The van der Waals surface area contributed by atoms with E-state index in [4.69, 9.17) is 4.74 Å². The lowest BCUT2D eigenvalue weighted by Gasteiger charge is -2.21. The molecule has 1 N–H and O–H groups in total. The molecule has 1 fully saturated rings. The summed E-state index contributed by atoms with van der Waals surface area (Å²) in [7, 11) is 1.76. The average Bonchev–Trinajstić information content (AvgIpc) is 2.74. The third kappa shape index (κ3) is 4.08. The van der Waals surface area contributed by atoms with Crippen LogP contribution in [0.5, 0.6) is 5.75 Å².